The summed E-state index contributed by atoms with van der Waals surface area (Å²) in [5, 5.41) is 22.3. The summed E-state index contributed by atoms with van der Waals surface area (Å²) < 4.78 is 0. The molecule has 0 aliphatic heterocycles. The molecule has 1 aliphatic carbocycles. The number of rotatable bonds is 4. The lowest BCUT2D eigenvalue weighted by molar-refractivity contribution is 0.0697. The first-order chi connectivity index (χ1) is 13.5. The molecule has 0 saturated heterocycles. The quantitative estimate of drug-likeness (QED) is 0.385. The minimum atomic E-state index is -0.951. The predicted octanol–water partition coefficient (Wildman–Crippen LogP) is 5.93. The number of oxime groups is 1. The Morgan fingerprint density at radius 2 is 1.55 bits per heavy atom. The van der Waals surface area contributed by atoms with Crippen molar-refractivity contribution in [2.24, 2.45) is 5.16 Å². The van der Waals surface area contributed by atoms with E-state index in [-0.39, 0.29) is 16.4 Å². The van der Waals surface area contributed by atoms with Gasteiger partial charge in [-0.25, -0.2) is 4.79 Å². The highest BCUT2D eigenvalue weighted by Gasteiger charge is 2.37. The number of fused-ring (bicyclic) bond motifs is 1. The second-order valence-electron chi connectivity index (χ2n) is 9.23. The minimum Gasteiger partial charge on any atom is -0.478 e. The van der Waals surface area contributed by atoms with E-state index in [0.717, 1.165) is 29.5 Å². The molecule has 3 rings (SSSR count). The van der Waals surface area contributed by atoms with Crippen LogP contribution in [0.3, 0.4) is 0 Å². The highest BCUT2D eigenvalue weighted by molar-refractivity contribution is 6.11. The van der Waals surface area contributed by atoms with Gasteiger partial charge in [-0.15, -0.1) is 0 Å². The van der Waals surface area contributed by atoms with E-state index in [1.165, 1.54) is 11.1 Å². The first-order valence-corrected chi connectivity index (χ1v) is 9.95. The SMILES string of the molecule is Cc1cc2c(cc1C(/C=C/c1ccc(C(=O)O)cc1)=N\O)C(C)(C)CCC2(C)C. The molecule has 0 aromatic heterocycles. The summed E-state index contributed by atoms with van der Waals surface area (Å²) in [6, 6.07) is 11.0. The van der Waals surface area contributed by atoms with Crippen molar-refractivity contribution in [1.29, 1.82) is 0 Å². The third-order valence-electron chi connectivity index (χ3n) is 6.17. The Morgan fingerprint density at radius 3 is 2.07 bits per heavy atom. The summed E-state index contributed by atoms with van der Waals surface area (Å²) in [4.78, 5) is 11.0. The Bertz CT molecular complexity index is 995. The first kappa shape index (κ1) is 20.8. The molecule has 0 spiro atoms. The molecule has 2 aromatic carbocycles. The van der Waals surface area contributed by atoms with Gasteiger partial charge in [0.15, 0.2) is 0 Å². The summed E-state index contributed by atoms with van der Waals surface area (Å²) in [6.07, 6.45) is 5.87. The zero-order chi connectivity index (χ0) is 21.4. The third-order valence-corrected chi connectivity index (χ3v) is 6.17. The molecule has 4 heteroatoms. The van der Waals surface area contributed by atoms with E-state index in [2.05, 4.69) is 45.0 Å². The molecule has 0 amide bonds. The number of aryl methyl sites for hydroxylation is 1. The third kappa shape index (κ3) is 4.12. The molecule has 0 radical (unpaired) electrons. The van der Waals surface area contributed by atoms with Crippen LogP contribution in [0.25, 0.3) is 6.08 Å². The van der Waals surface area contributed by atoms with E-state index in [0.29, 0.717) is 5.71 Å². The molecule has 4 nitrogen and oxygen atoms in total. The fraction of sp³-hybridized carbons (Fsp3) is 0.360. The first-order valence-electron chi connectivity index (χ1n) is 9.95. The molecule has 0 atom stereocenters. The van der Waals surface area contributed by atoms with Gasteiger partial charge in [-0.1, -0.05) is 57.1 Å². The van der Waals surface area contributed by atoms with Crippen molar-refractivity contribution in [3.8, 4) is 0 Å². The molecule has 0 heterocycles. The van der Waals surface area contributed by atoms with Gasteiger partial charge in [0.05, 0.1) is 5.56 Å². The van der Waals surface area contributed by atoms with Crippen molar-refractivity contribution in [1.82, 2.24) is 0 Å². The fourth-order valence-electron chi connectivity index (χ4n) is 4.09. The van der Waals surface area contributed by atoms with Crippen LogP contribution < -0.4 is 0 Å². The monoisotopic (exact) mass is 391 g/mol. The number of benzene rings is 2. The van der Waals surface area contributed by atoms with Gasteiger partial charge in [0.2, 0.25) is 0 Å². The highest BCUT2D eigenvalue weighted by atomic mass is 16.4. The molecule has 0 saturated carbocycles. The van der Waals surface area contributed by atoms with E-state index >= 15 is 0 Å². The maximum atomic E-state index is 11.0. The summed E-state index contributed by atoms with van der Waals surface area (Å²) in [5.41, 5.74) is 6.46. The van der Waals surface area contributed by atoms with Gasteiger partial charge in [0.1, 0.15) is 5.71 Å². The van der Waals surface area contributed by atoms with Gasteiger partial charge < -0.3 is 10.3 Å². The highest BCUT2D eigenvalue weighted by Crippen LogP contribution is 2.46. The largest absolute Gasteiger partial charge is 0.478 e. The van der Waals surface area contributed by atoms with Gasteiger partial charge in [-0.3, -0.25) is 0 Å². The van der Waals surface area contributed by atoms with Gasteiger partial charge in [-0.05, 0) is 77.1 Å². The second-order valence-corrected chi connectivity index (χ2v) is 9.23. The van der Waals surface area contributed by atoms with E-state index in [4.69, 9.17) is 5.11 Å². The Balaban J connectivity index is 1.99. The number of hydrogen-bond acceptors (Lipinski definition) is 3. The molecule has 1 aliphatic rings. The van der Waals surface area contributed by atoms with Crippen LogP contribution in [0.1, 0.15) is 78.7 Å². The van der Waals surface area contributed by atoms with Crippen LogP contribution >= 0.6 is 0 Å². The Morgan fingerprint density at radius 1 is 1.00 bits per heavy atom. The van der Waals surface area contributed by atoms with Gasteiger partial charge in [0.25, 0.3) is 0 Å². The lowest BCUT2D eigenvalue weighted by atomic mass is 9.62. The molecule has 152 valence electrons. The summed E-state index contributed by atoms with van der Waals surface area (Å²) in [6.45, 7) is 11.2. The Hall–Kier alpha value is -2.88. The van der Waals surface area contributed by atoms with Crippen LogP contribution in [-0.4, -0.2) is 22.0 Å². The zero-order valence-corrected chi connectivity index (χ0v) is 17.8. The van der Waals surface area contributed by atoms with Crippen molar-refractivity contribution in [3.05, 3.63) is 75.9 Å². The van der Waals surface area contributed by atoms with Crippen molar-refractivity contribution in [2.45, 2.75) is 58.3 Å². The van der Waals surface area contributed by atoms with Crippen LogP contribution in [0.4, 0.5) is 0 Å². The van der Waals surface area contributed by atoms with Crippen molar-refractivity contribution in [3.63, 3.8) is 0 Å². The number of nitrogens with zero attached hydrogens (tertiary/aromatic N) is 1. The van der Waals surface area contributed by atoms with E-state index < -0.39 is 5.97 Å². The normalized spacial score (nSPS) is 17.9. The summed E-state index contributed by atoms with van der Waals surface area (Å²) >= 11 is 0. The van der Waals surface area contributed by atoms with Crippen LogP contribution in [0, 0.1) is 6.92 Å². The van der Waals surface area contributed by atoms with Gasteiger partial charge >= 0.3 is 5.97 Å². The van der Waals surface area contributed by atoms with Crippen molar-refractivity contribution >= 4 is 17.8 Å². The fourth-order valence-corrected chi connectivity index (χ4v) is 4.09. The molecule has 0 unspecified atom stereocenters. The number of carboxylic acid groups (broad SMARTS) is 1. The van der Waals surface area contributed by atoms with E-state index in [1.54, 1.807) is 30.3 Å². The Labute approximate surface area is 172 Å². The molecule has 0 bridgehead atoms. The summed E-state index contributed by atoms with van der Waals surface area (Å²) in [7, 11) is 0. The van der Waals surface area contributed by atoms with Gasteiger partial charge in [0, 0.05) is 5.56 Å². The molecule has 29 heavy (non-hydrogen) atoms. The molecule has 2 aromatic rings. The molecular formula is C25H29NO3. The van der Waals surface area contributed by atoms with Crippen LogP contribution in [0.2, 0.25) is 0 Å². The molecular weight excluding hydrogens is 362 g/mol. The maximum Gasteiger partial charge on any atom is 0.335 e. The molecule has 0 fully saturated rings. The van der Waals surface area contributed by atoms with E-state index in [1.807, 2.05) is 13.0 Å². The lowest BCUT2D eigenvalue weighted by Crippen LogP contribution is -2.34. The zero-order valence-electron chi connectivity index (χ0n) is 17.8. The van der Waals surface area contributed by atoms with Gasteiger partial charge in [-0.2, -0.15) is 0 Å². The Kier molecular flexibility index (Phi) is 5.40. The van der Waals surface area contributed by atoms with Crippen LogP contribution in [0.15, 0.2) is 47.6 Å². The van der Waals surface area contributed by atoms with Crippen LogP contribution in [-0.2, 0) is 10.8 Å². The number of carbonyl (C=O) groups is 1. The topological polar surface area (TPSA) is 69.9 Å². The average molecular weight is 392 g/mol. The number of hydrogen-bond donors (Lipinski definition) is 2. The number of aromatic carboxylic acids is 1. The van der Waals surface area contributed by atoms with Crippen LogP contribution in [0.5, 0.6) is 0 Å². The average Bonchev–Trinajstić information content (AvgIpc) is 2.67. The van der Waals surface area contributed by atoms with Crippen molar-refractivity contribution in [2.75, 3.05) is 0 Å². The minimum absolute atomic E-state index is 0.0737. The molecule has 2 N–H and O–H groups in total. The second kappa shape index (κ2) is 7.51. The maximum absolute atomic E-state index is 11.0. The number of allylic oxidation sites excluding steroid dienone is 1. The standard InChI is InChI=1S/C25H29NO3/c1-16-14-20-21(25(4,5)13-12-24(20,2)3)15-19(16)22(26-29)11-8-17-6-9-18(10-7-17)23(27)28/h6-11,14-15,29H,12-13H2,1-5H3,(H,27,28)/b11-8+,26-22-. The predicted molar refractivity (Wildman–Crippen MR) is 117 cm³/mol. The lowest BCUT2D eigenvalue weighted by Gasteiger charge is -2.42. The number of carboxylic acids is 1. The summed E-state index contributed by atoms with van der Waals surface area (Å²) in [5.74, 6) is -0.951. The smallest absolute Gasteiger partial charge is 0.335 e. The van der Waals surface area contributed by atoms with E-state index in [9.17, 15) is 10.0 Å². The van der Waals surface area contributed by atoms with Crippen molar-refractivity contribution < 1.29 is 15.1 Å².